The van der Waals surface area contributed by atoms with Crippen LogP contribution in [0, 0.1) is 0 Å². The fourth-order valence-corrected chi connectivity index (χ4v) is 4.08. The minimum Gasteiger partial charge on any atom is -0.480 e. The highest BCUT2D eigenvalue weighted by Crippen LogP contribution is 2.27. The number of benzene rings is 4. The lowest BCUT2D eigenvalue weighted by atomic mass is 9.90. The molecular weight excluding hydrogens is 436 g/mol. The lowest BCUT2D eigenvalue weighted by Gasteiger charge is -2.19. The molecule has 35 heavy (non-hydrogen) atoms. The van der Waals surface area contributed by atoms with Gasteiger partial charge < -0.3 is 16.2 Å². The van der Waals surface area contributed by atoms with E-state index < -0.39 is 12.0 Å². The zero-order chi connectivity index (χ0) is 24.6. The van der Waals surface area contributed by atoms with E-state index in [0.29, 0.717) is 12.1 Å². The Hall–Kier alpha value is -4.22. The summed E-state index contributed by atoms with van der Waals surface area (Å²) >= 11 is 0. The number of nitrogens with two attached hydrogens (primary N) is 1. The third-order valence-electron chi connectivity index (χ3n) is 6.08. The van der Waals surface area contributed by atoms with Crippen molar-refractivity contribution in [2.75, 3.05) is 6.54 Å². The smallest absolute Gasteiger partial charge is 0.320 e. The fraction of sp³-hybridized carbons (Fsp3) is 0.133. The first kappa shape index (κ1) is 23.9. The first-order valence-corrected chi connectivity index (χ1v) is 11.6. The number of hydrogen-bond acceptors (Lipinski definition) is 3. The largest absolute Gasteiger partial charge is 0.480 e. The van der Waals surface area contributed by atoms with Crippen LogP contribution in [0.1, 0.15) is 33.0 Å². The van der Waals surface area contributed by atoms with Gasteiger partial charge in [-0.2, -0.15) is 0 Å². The third-order valence-corrected chi connectivity index (χ3v) is 6.08. The molecule has 4 N–H and O–H groups in total. The van der Waals surface area contributed by atoms with E-state index in [0.717, 1.165) is 27.8 Å². The minimum absolute atomic E-state index is 0.00203. The van der Waals surface area contributed by atoms with Crippen LogP contribution in [-0.4, -0.2) is 29.6 Å². The minimum atomic E-state index is -1.05. The SMILES string of the molecule is NC(Cc1ccc(C(=O)NC[C@H](c2ccccc2)c2ccc(-c3ccccc3)cc2)cc1)C(=O)O. The monoisotopic (exact) mass is 464 g/mol. The van der Waals surface area contributed by atoms with Crippen LogP contribution >= 0.6 is 0 Å². The van der Waals surface area contributed by atoms with Gasteiger partial charge in [0.1, 0.15) is 6.04 Å². The number of hydrogen-bond donors (Lipinski definition) is 3. The Bertz CT molecular complexity index is 1250. The highest BCUT2D eigenvalue weighted by molar-refractivity contribution is 5.94. The zero-order valence-corrected chi connectivity index (χ0v) is 19.3. The Morgan fingerprint density at radius 1 is 0.714 bits per heavy atom. The molecular formula is C30H28N2O3. The summed E-state index contributed by atoms with van der Waals surface area (Å²) in [5.74, 6) is -1.23. The lowest BCUT2D eigenvalue weighted by molar-refractivity contribution is -0.138. The topological polar surface area (TPSA) is 92.4 Å². The summed E-state index contributed by atoms with van der Waals surface area (Å²) in [6.45, 7) is 0.444. The molecule has 0 aliphatic carbocycles. The van der Waals surface area contributed by atoms with Crippen molar-refractivity contribution < 1.29 is 14.7 Å². The molecule has 1 unspecified atom stereocenters. The Kier molecular flexibility index (Phi) is 7.70. The second-order valence-corrected chi connectivity index (χ2v) is 8.51. The number of carbonyl (C=O) groups is 2. The number of carboxylic acids is 1. The number of carbonyl (C=O) groups excluding carboxylic acids is 1. The van der Waals surface area contributed by atoms with Crippen LogP contribution in [-0.2, 0) is 11.2 Å². The molecule has 4 rings (SSSR count). The number of amides is 1. The molecule has 0 aliphatic rings. The van der Waals surface area contributed by atoms with Crippen molar-refractivity contribution in [3.8, 4) is 11.1 Å². The van der Waals surface area contributed by atoms with Gasteiger partial charge in [-0.3, -0.25) is 9.59 Å². The van der Waals surface area contributed by atoms with E-state index >= 15 is 0 Å². The number of carboxylic acid groups (broad SMARTS) is 1. The summed E-state index contributed by atoms with van der Waals surface area (Å²) in [6, 6.07) is 34.8. The first-order valence-electron chi connectivity index (χ1n) is 11.6. The summed E-state index contributed by atoms with van der Waals surface area (Å²) < 4.78 is 0. The maximum Gasteiger partial charge on any atom is 0.320 e. The van der Waals surface area contributed by atoms with Crippen LogP contribution in [0.2, 0.25) is 0 Å². The van der Waals surface area contributed by atoms with E-state index in [-0.39, 0.29) is 18.2 Å². The van der Waals surface area contributed by atoms with Gasteiger partial charge in [0.15, 0.2) is 0 Å². The molecule has 4 aromatic carbocycles. The third kappa shape index (κ3) is 6.22. The molecule has 0 aromatic heterocycles. The molecule has 176 valence electrons. The van der Waals surface area contributed by atoms with Gasteiger partial charge in [-0.1, -0.05) is 97.1 Å². The first-order chi connectivity index (χ1) is 17.0. The Morgan fingerprint density at radius 3 is 1.86 bits per heavy atom. The Labute approximate surface area is 205 Å². The molecule has 1 amide bonds. The van der Waals surface area contributed by atoms with Crippen molar-refractivity contribution in [2.24, 2.45) is 5.73 Å². The van der Waals surface area contributed by atoms with Gasteiger partial charge in [0, 0.05) is 18.0 Å². The van der Waals surface area contributed by atoms with Gasteiger partial charge in [0.2, 0.25) is 0 Å². The molecule has 2 atom stereocenters. The van der Waals surface area contributed by atoms with Crippen molar-refractivity contribution in [1.29, 1.82) is 0 Å². The molecule has 0 saturated carbocycles. The van der Waals surface area contributed by atoms with Crippen LogP contribution < -0.4 is 11.1 Å². The van der Waals surface area contributed by atoms with E-state index in [1.54, 1.807) is 24.3 Å². The van der Waals surface area contributed by atoms with Crippen molar-refractivity contribution in [2.45, 2.75) is 18.4 Å². The normalized spacial score (nSPS) is 12.5. The van der Waals surface area contributed by atoms with Gasteiger partial charge in [-0.25, -0.2) is 0 Å². The Morgan fingerprint density at radius 2 is 1.26 bits per heavy atom. The molecule has 0 spiro atoms. The molecule has 0 saturated heterocycles. The highest BCUT2D eigenvalue weighted by atomic mass is 16.4. The molecule has 0 fully saturated rings. The molecule has 0 bridgehead atoms. The second-order valence-electron chi connectivity index (χ2n) is 8.51. The van der Waals surface area contributed by atoms with Crippen molar-refractivity contribution in [3.63, 3.8) is 0 Å². The summed E-state index contributed by atoms with van der Waals surface area (Å²) in [4.78, 5) is 23.8. The van der Waals surface area contributed by atoms with Gasteiger partial charge in [0.05, 0.1) is 0 Å². The van der Waals surface area contributed by atoms with Gasteiger partial charge in [-0.15, -0.1) is 0 Å². The van der Waals surface area contributed by atoms with E-state index in [1.165, 1.54) is 0 Å². The summed E-state index contributed by atoms with van der Waals surface area (Å²) in [5, 5.41) is 12.0. The van der Waals surface area contributed by atoms with Crippen LogP contribution in [0.5, 0.6) is 0 Å². The van der Waals surface area contributed by atoms with Crippen LogP contribution in [0.3, 0.4) is 0 Å². The summed E-state index contributed by atoms with van der Waals surface area (Å²) in [7, 11) is 0. The maximum atomic E-state index is 12.9. The maximum absolute atomic E-state index is 12.9. The van der Waals surface area contributed by atoms with Crippen molar-refractivity contribution in [3.05, 3.63) is 131 Å². The van der Waals surface area contributed by atoms with E-state index in [4.69, 9.17) is 10.8 Å². The molecule has 0 aliphatic heterocycles. The van der Waals surface area contributed by atoms with Crippen LogP contribution in [0.4, 0.5) is 0 Å². The fourth-order valence-electron chi connectivity index (χ4n) is 4.08. The second kappa shape index (κ2) is 11.3. The summed E-state index contributed by atoms with van der Waals surface area (Å²) in [5.41, 5.74) is 11.4. The molecule has 0 heterocycles. The van der Waals surface area contributed by atoms with Crippen LogP contribution in [0.25, 0.3) is 11.1 Å². The number of aliphatic carboxylic acids is 1. The van der Waals surface area contributed by atoms with Crippen molar-refractivity contribution in [1.82, 2.24) is 5.32 Å². The average Bonchev–Trinajstić information content (AvgIpc) is 2.90. The van der Waals surface area contributed by atoms with Crippen molar-refractivity contribution >= 4 is 11.9 Å². The predicted molar refractivity (Wildman–Crippen MR) is 138 cm³/mol. The molecule has 5 heteroatoms. The van der Waals surface area contributed by atoms with E-state index in [1.807, 2.05) is 36.4 Å². The summed E-state index contributed by atoms with van der Waals surface area (Å²) in [6.07, 6.45) is 0.215. The number of nitrogens with one attached hydrogen (secondary N) is 1. The quantitative estimate of drug-likeness (QED) is 0.330. The molecule has 4 aromatic rings. The average molecular weight is 465 g/mol. The molecule has 0 radical (unpaired) electrons. The van der Waals surface area contributed by atoms with E-state index in [9.17, 15) is 9.59 Å². The highest BCUT2D eigenvalue weighted by Gasteiger charge is 2.17. The number of rotatable bonds is 9. The Balaban J connectivity index is 1.48. The lowest BCUT2D eigenvalue weighted by Crippen LogP contribution is -2.32. The van der Waals surface area contributed by atoms with Gasteiger partial charge >= 0.3 is 5.97 Å². The van der Waals surface area contributed by atoms with Crippen LogP contribution in [0.15, 0.2) is 109 Å². The standard InChI is InChI=1S/C30H28N2O3/c31-28(30(34)35)19-21-11-13-26(14-12-21)29(33)32-20-27(24-9-5-2-6-10-24)25-17-15-23(16-18-25)22-7-3-1-4-8-22/h1-18,27-28H,19-20,31H2,(H,32,33)(H,34,35)/t27-,28?/m1/s1. The van der Waals surface area contributed by atoms with Gasteiger partial charge in [-0.05, 0) is 46.4 Å². The zero-order valence-electron chi connectivity index (χ0n) is 19.3. The van der Waals surface area contributed by atoms with E-state index in [2.05, 4.69) is 53.8 Å². The van der Waals surface area contributed by atoms with Gasteiger partial charge in [0.25, 0.3) is 5.91 Å². The molecule has 5 nitrogen and oxygen atoms in total. The predicted octanol–water partition coefficient (Wildman–Crippen LogP) is 4.87.